The monoisotopic (exact) mass is 267 g/mol. The maximum absolute atomic E-state index is 12.0. The molecule has 0 fully saturated rings. The van der Waals surface area contributed by atoms with E-state index in [0.717, 1.165) is 17.5 Å². The molecular formula is C17H17NO2. The Bertz CT molecular complexity index is 552. The Hall–Kier alpha value is -2.42. The molecule has 102 valence electrons. The van der Waals surface area contributed by atoms with Crippen LogP contribution < -0.4 is 5.32 Å². The fourth-order valence-electron chi connectivity index (χ4n) is 2.04. The van der Waals surface area contributed by atoms with Crippen molar-refractivity contribution >= 4 is 12.2 Å². The van der Waals surface area contributed by atoms with Gasteiger partial charge in [0.1, 0.15) is 12.2 Å². The lowest BCUT2D eigenvalue weighted by Crippen LogP contribution is -2.31. The van der Waals surface area contributed by atoms with Crippen molar-refractivity contribution in [2.24, 2.45) is 0 Å². The van der Waals surface area contributed by atoms with Crippen LogP contribution in [0.2, 0.25) is 0 Å². The number of benzene rings is 2. The van der Waals surface area contributed by atoms with Gasteiger partial charge < -0.3 is 10.1 Å². The molecule has 0 aliphatic carbocycles. The zero-order valence-corrected chi connectivity index (χ0v) is 11.2. The van der Waals surface area contributed by atoms with Crippen molar-refractivity contribution in [1.82, 2.24) is 5.32 Å². The Kier molecular flexibility index (Phi) is 5.07. The summed E-state index contributed by atoms with van der Waals surface area (Å²) in [6.45, 7) is 0.528. The molecule has 2 rings (SSSR count). The summed E-state index contributed by atoms with van der Waals surface area (Å²) in [5.41, 5.74) is 1.88. The number of aldehydes is 1. The highest BCUT2D eigenvalue weighted by Crippen LogP contribution is 2.12. The van der Waals surface area contributed by atoms with Crippen LogP contribution in [-0.4, -0.2) is 18.7 Å². The highest BCUT2D eigenvalue weighted by molar-refractivity contribution is 5.97. The fourth-order valence-corrected chi connectivity index (χ4v) is 2.04. The van der Waals surface area contributed by atoms with E-state index in [-0.39, 0.29) is 5.91 Å². The van der Waals surface area contributed by atoms with Crippen LogP contribution in [0.15, 0.2) is 60.7 Å². The number of hydrogen-bond donors (Lipinski definition) is 1. The molecule has 0 aliphatic rings. The highest BCUT2D eigenvalue weighted by atomic mass is 16.2. The fraction of sp³-hybridized carbons (Fsp3) is 0.176. The standard InChI is InChI=1S/C17H17NO2/c19-13-16(15-9-5-2-6-10-15)17(20)18-12-11-14-7-3-1-4-8-14/h1-10,13,16H,11-12H2,(H,18,20). The molecule has 3 nitrogen and oxygen atoms in total. The van der Waals surface area contributed by atoms with Crippen molar-refractivity contribution in [3.05, 3.63) is 71.8 Å². The summed E-state index contributed by atoms with van der Waals surface area (Å²) in [4.78, 5) is 23.1. The average Bonchev–Trinajstić information content (AvgIpc) is 2.50. The lowest BCUT2D eigenvalue weighted by Gasteiger charge is -2.11. The SMILES string of the molecule is O=CC(C(=O)NCCc1ccccc1)c1ccccc1. The first-order valence-corrected chi connectivity index (χ1v) is 6.63. The molecule has 0 saturated carbocycles. The minimum Gasteiger partial charge on any atom is -0.355 e. The predicted octanol–water partition coefficient (Wildman–Crippen LogP) is 2.33. The topological polar surface area (TPSA) is 46.2 Å². The Morgan fingerprint density at radius 3 is 2.20 bits per heavy atom. The summed E-state index contributed by atoms with van der Waals surface area (Å²) < 4.78 is 0. The average molecular weight is 267 g/mol. The molecule has 0 aromatic heterocycles. The van der Waals surface area contributed by atoms with E-state index >= 15 is 0 Å². The number of amides is 1. The van der Waals surface area contributed by atoms with E-state index in [9.17, 15) is 9.59 Å². The molecule has 3 heteroatoms. The third-order valence-corrected chi connectivity index (χ3v) is 3.13. The predicted molar refractivity (Wildman–Crippen MR) is 78.4 cm³/mol. The quantitative estimate of drug-likeness (QED) is 0.645. The second-order valence-electron chi connectivity index (χ2n) is 4.55. The van der Waals surface area contributed by atoms with Gasteiger partial charge in [0, 0.05) is 6.54 Å². The van der Waals surface area contributed by atoms with E-state index in [1.54, 1.807) is 12.1 Å². The van der Waals surface area contributed by atoms with Crippen molar-refractivity contribution < 1.29 is 9.59 Å². The van der Waals surface area contributed by atoms with Gasteiger partial charge in [-0.05, 0) is 17.5 Å². The maximum atomic E-state index is 12.0. The lowest BCUT2D eigenvalue weighted by atomic mass is 10.00. The van der Waals surface area contributed by atoms with E-state index in [0.29, 0.717) is 12.8 Å². The molecule has 2 aromatic rings. The summed E-state index contributed by atoms with van der Waals surface area (Å²) in [6, 6.07) is 19.0. The first kappa shape index (κ1) is 14.0. The molecule has 0 bridgehead atoms. The summed E-state index contributed by atoms with van der Waals surface area (Å²) in [5, 5.41) is 2.81. The second-order valence-corrected chi connectivity index (χ2v) is 4.55. The van der Waals surface area contributed by atoms with Crippen LogP contribution in [0.4, 0.5) is 0 Å². The van der Waals surface area contributed by atoms with Gasteiger partial charge in [-0.3, -0.25) is 4.79 Å². The van der Waals surface area contributed by atoms with Crippen LogP contribution in [0.25, 0.3) is 0 Å². The van der Waals surface area contributed by atoms with Gasteiger partial charge in [0.25, 0.3) is 0 Å². The van der Waals surface area contributed by atoms with Gasteiger partial charge in [0.2, 0.25) is 5.91 Å². The Morgan fingerprint density at radius 2 is 1.60 bits per heavy atom. The minimum absolute atomic E-state index is 0.248. The number of rotatable bonds is 6. The van der Waals surface area contributed by atoms with E-state index < -0.39 is 5.92 Å². The molecule has 0 aliphatic heterocycles. The summed E-state index contributed by atoms with van der Waals surface area (Å²) in [5.74, 6) is -0.978. The number of carbonyl (C=O) groups excluding carboxylic acids is 2. The van der Waals surface area contributed by atoms with Crippen molar-refractivity contribution in [1.29, 1.82) is 0 Å². The van der Waals surface area contributed by atoms with Crippen molar-refractivity contribution in [3.8, 4) is 0 Å². The smallest absolute Gasteiger partial charge is 0.234 e. The zero-order chi connectivity index (χ0) is 14.2. The molecule has 0 radical (unpaired) electrons. The molecule has 1 atom stereocenters. The van der Waals surface area contributed by atoms with E-state index in [2.05, 4.69) is 5.32 Å². The van der Waals surface area contributed by atoms with Gasteiger partial charge in [-0.15, -0.1) is 0 Å². The largest absolute Gasteiger partial charge is 0.355 e. The molecule has 20 heavy (non-hydrogen) atoms. The molecule has 0 spiro atoms. The van der Waals surface area contributed by atoms with Crippen molar-refractivity contribution in [2.75, 3.05) is 6.54 Å². The molecule has 0 heterocycles. The van der Waals surface area contributed by atoms with Gasteiger partial charge in [-0.2, -0.15) is 0 Å². The van der Waals surface area contributed by atoms with Gasteiger partial charge in [-0.25, -0.2) is 0 Å². The number of carbonyl (C=O) groups is 2. The van der Waals surface area contributed by atoms with Crippen LogP contribution in [0.5, 0.6) is 0 Å². The normalized spacial score (nSPS) is 11.6. The Labute approximate surface area is 118 Å². The van der Waals surface area contributed by atoms with Gasteiger partial charge in [-0.1, -0.05) is 60.7 Å². The van der Waals surface area contributed by atoms with Gasteiger partial charge in [0.15, 0.2) is 0 Å². The van der Waals surface area contributed by atoms with Gasteiger partial charge >= 0.3 is 0 Å². The zero-order valence-electron chi connectivity index (χ0n) is 11.2. The van der Waals surface area contributed by atoms with E-state index in [1.807, 2.05) is 48.5 Å². The first-order chi connectivity index (χ1) is 9.81. The molecule has 2 aromatic carbocycles. The van der Waals surface area contributed by atoms with Crippen molar-refractivity contribution in [2.45, 2.75) is 12.3 Å². The van der Waals surface area contributed by atoms with Gasteiger partial charge in [0.05, 0.1) is 0 Å². The molecule has 1 unspecified atom stereocenters. The van der Waals surface area contributed by atoms with Crippen LogP contribution in [0.3, 0.4) is 0 Å². The molecular weight excluding hydrogens is 250 g/mol. The lowest BCUT2D eigenvalue weighted by molar-refractivity contribution is -0.125. The van der Waals surface area contributed by atoms with Crippen LogP contribution in [0.1, 0.15) is 17.0 Å². The first-order valence-electron chi connectivity index (χ1n) is 6.63. The van der Waals surface area contributed by atoms with Crippen LogP contribution >= 0.6 is 0 Å². The van der Waals surface area contributed by atoms with E-state index in [1.165, 1.54) is 0 Å². The van der Waals surface area contributed by atoms with Crippen LogP contribution in [-0.2, 0) is 16.0 Å². The highest BCUT2D eigenvalue weighted by Gasteiger charge is 2.18. The minimum atomic E-state index is -0.730. The summed E-state index contributed by atoms with van der Waals surface area (Å²) in [6.07, 6.45) is 1.44. The number of hydrogen-bond acceptors (Lipinski definition) is 2. The third-order valence-electron chi connectivity index (χ3n) is 3.13. The Morgan fingerprint density at radius 1 is 1.00 bits per heavy atom. The number of nitrogens with one attached hydrogen (secondary N) is 1. The molecule has 1 amide bonds. The Balaban J connectivity index is 1.89. The van der Waals surface area contributed by atoms with E-state index in [4.69, 9.17) is 0 Å². The molecule has 1 N–H and O–H groups in total. The summed E-state index contributed by atoms with van der Waals surface area (Å²) in [7, 11) is 0. The third kappa shape index (κ3) is 3.79. The van der Waals surface area contributed by atoms with Crippen LogP contribution in [0, 0.1) is 0 Å². The van der Waals surface area contributed by atoms with Crippen molar-refractivity contribution in [3.63, 3.8) is 0 Å². The second kappa shape index (κ2) is 7.24. The molecule has 0 saturated heterocycles. The maximum Gasteiger partial charge on any atom is 0.234 e. The summed E-state index contributed by atoms with van der Waals surface area (Å²) >= 11 is 0.